The maximum Gasteiger partial charge on any atom is 0.416 e. The number of carbonyl (C=O) groups is 2. The van der Waals surface area contributed by atoms with E-state index >= 15 is 0 Å². The molecule has 0 N–H and O–H groups in total. The number of halogens is 4. The molecule has 0 aromatic heterocycles. The van der Waals surface area contributed by atoms with Crippen LogP contribution in [0.2, 0.25) is 0 Å². The van der Waals surface area contributed by atoms with Gasteiger partial charge in [-0.15, -0.1) is 0 Å². The van der Waals surface area contributed by atoms with Gasteiger partial charge in [0, 0.05) is 38.2 Å². The minimum atomic E-state index is -4.51. The number of carbonyl (C=O) groups excluding carboxylic acids is 2. The first-order valence-electron chi connectivity index (χ1n) is 8.73. The van der Waals surface area contributed by atoms with Gasteiger partial charge in [-0.2, -0.15) is 13.2 Å². The van der Waals surface area contributed by atoms with Gasteiger partial charge in [0.05, 0.1) is 5.56 Å². The molecule has 2 aromatic rings. The summed E-state index contributed by atoms with van der Waals surface area (Å²) in [4.78, 5) is 27.7. The second kappa shape index (κ2) is 8.00. The van der Waals surface area contributed by atoms with Crippen LogP contribution >= 0.6 is 0 Å². The average molecular weight is 394 g/mol. The maximum atomic E-state index is 13.4. The van der Waals surface area contributed by atoms with Crippen LogP contribution in [-0.4, -0.2) is 41.2 Å². The highest BCUT2D eigenvalue weighted by Crippen LogP contribution is 2.32. The Bertz CT molecular complexity index is 883. The highest BCUT2D eigenvalue weighted by atomic mass is 19.4. The van der Waals surface area contributed by atoms with Crippen molar-refractivity contribution in [2.45, 2.75) is 19.1 Å². The van der Waals surface area contributed by atoms with Gasteiger partial charge in [0.1, 0.15) is 5.82 Å². The van der Waals surface area contributed by atoms with Crippen molar-refractivity contribution in [3.05, 3.63) is 71.0 Å². The van der Waals surface area contributed by atoms with Crippen molar-refractivity contribution in [1.29, 1.82) is 0 Å². The molecular weight excluding hydrogens is 376 g/mol. The summed E-state index contributed by atoms with van der Waals surface area (Å²) in [7, 11) is 0. The topological polar surface area (TPSA) is 40.6 Å². The molecule has 0 bridgehead atoms. The van der Waals surface area contributed by atoms with E-state index in [2.05, 4.69) is 0 Å². The summed E-state index contributed by atoms with van der Waals surface area (Å²) in [6.45, 7) is 0.212. The molecule has 0 unspecified atom stereocenters. The minimum absolute atomic E-state index is 0.00472. The second-order valence-corrected chi connectivity index (χ2v) is 6.52. The van der Waals surface area contributed by atoms with E-state index in [1.54, 1.807) is 0 Å². The molecule has 1 aliphatic rings. The van der Waals surface area contributed by atoms with Crippen LogP contribution in [0.25, 0.3) is 0 Å². The molecule has 8 heteroatoms. The van der Waals surface area contributed by atoms with Crippen LogP contribution < -0.4 is 0 Å². The fraction of sp³-hybridized carbons (Fsp3) is 0.300. The van der Waals surface area contributed by atoms with Crippen LogP contribution in [0, 0.1) is 5.82 Å². The molecule has 0 saturated carbocycles. The van der Waals surface area contributed by atoms with Gasteiger partial charge in [-0.1, -0.05) is 24.3 Å². The highest BCUT2D eigenvalue weighted by Gasteiger charge is 2.34. The van der Waals surface area contributed by atoms with Crippen molar-refractivity contribution < 1.29 is 27.2 Å². The summed E-state index contributed by atoms with van der Waals surface area (Å²) in [5.41, 5.74) is -0.601. The summed E-state index contributed by atoms with van der Waals surface area (Å²) >= 11 is 0. The number of hydrogen-bond donors (Lipinski definition) is 0. The number of alkyl halides is 3. The first kappa shape index (κ1) is 19.9. The lowest BCUT2D eigenvalue weighted by molar-refractivity contribution is -0.139. The fourth-order valence-electron chi connectivity index (χ4n) is 3.18. The van der Waals surface area contributed by atoms with Gasteiger partial charge < -0.3 is 9.80 Å². The Kier molecular flexibility index (Phi) is 5.67. The van der Waals surface area contributed by atoms with Gasteiger partial charge in [0.15, 0.2) is 0 Å². The highest BCUT2D eigenvalue weighted by molar-refractivity contribution is 5.94. The van der Waals surface area contributed by atoms with Gasteiger partial charge >= 0.3 is 6.18 Å². The van der Waals surface area contributed by atoms with Gasteiger partial charge in [-0.3, -0.25) is 9.59 Å². The molecule has 1 heterocycles. The monoisotopic (exact) mass is 394 g/mol. The van der Waals surface area contributed by atoms with E-state index in [0.717, 1.165) is 12.1 Å². The van der Waals surface area contributed by atoms with E-state index in [1.165, 1.54) is 46.2 Å². The normalized spacial score (nSPS) is 15.5. The fourth-order valence-corrected chi connectivity index (χ4v) is 3.18. The average Bonchev–Trinajstić information content (AvgIpc) is 2.83. The lowest BCUT2D eigenvalue weighted by Crippen LogP contribution is -2.36. The van der Waals surface area contributed by atoms with E-state index in [0.29, 0.717) is 0 Å². The van der Waals surface area contributed by atoms with Crippen LogP contribution in [0.1, 0.15) is 27.9 Å². The first-order valence-corrected chi connectivity index (χ1v) is 8.73. The van der Waals surface area contributed by atoms with Gasteiger partial charge in [-0.05, 0) is 29.8 Å². The van der Waals surface area contributed by atoms with Crippen molar-refractivity contribution in [2.24, 2.45) is 0 Å². The maximum absolute atomic E-state index is 13.4. The van der Waals surface area contributed by atoms with Crippen LogP contribution in [0.5, 0.6) is 0 Å². The van der Waals surface area contributed by atoms with Gasteiger partial charge in [0.2, 0.25) is 5.91 Å². The molecule has 1 fully saturated rings. The smallest absolute Gasteiger partial charge is 0.337 e. The Morgan fingerprint density at radius 2 is 1.75 bits per heavy atom. The predicted molar refractivity (Wildman–Crippen MR) is 93.8 cm³/mol. The number of hydrogen-bond acceptors (Lipinski definition) is 2. The summed E-state index contributed by atoms with van der Waals surface area (Å²) in [6.07, 6.45) is -4.51. The van der Waals surface area contributed by atoms with Crippen molar-refractivity contribution in [3.8, 4) is 0 Å². The van der Waals surface area contributed by atoms with E-state index in [9.17, 15) is 27.2 Å². The van der Waals surface area contributed by atoms with Crippen LogP contribution in [0.4, 0.5) is 17.6 Å². The predicted octanol–water partition coefficient (Wildman–Crippen LogP) is 3.72. The number of nitrogens with zero attached hydrogens (tertiary/aromatic N) is 2. The zero-order valence-corrected chi connectivity index (χ0v) is 14.9. The van der Waals surface area contributed by atoms with Gasteiger partial charge in [0.25, 0.3) is 5.91 Å². The zero-order chi connectivity index (χ0) is 20.3. The van der Waals surface area contributed by atoms with Crippen LogP contribution in [-0.2, 0) is 17.5 Å². The SMILES string of the molecule is O=C1CCN(C(=O)c2cccc(F)c2)CCN1Cc1ccccc1C(F)(F)F. The molecule has 3 rings (SSSR count). The quantitative estimate of drug-likeness (QED) is 0.745. The Morgan fingerprint density at radius 1 is 1.00 bits per heavy atom. The van der Waals surface area contributed by atoms with E-state index in [4.69, 9.17) is 0 Å². The molecule has 2 aromatic carbocycles. The van der Waals surface area contributed by atoms with Crippen molar-refractivity contribution in [1.82, 2.24) is 9.80 Å². The molecule has 0 atom stereocenters. The lowest BCUT2D eigenvalue weighted by Gasteiger charge is -2.24. The van der Waals surface area contributed by atoms with Crippen molar-refractivity contribution >= 4 is 11.8 Å². The lowest BCUT2D eigenvalue weighted by atomic mass is 10.1. The molecule has 1 saturated heterocycles. The molecule has 0 aliphatic carbocycles. The zero-order valence-electron chi connectivity index (χ0n) is 14.9. The summed E-state index contributed by atoms with van der Waals surface area (Å²) in [5.74, 6) is -1.28. The molecule has 0 spiro atoms. The van der Waals surface area contributed by atoms with Crippen LogP contribution in [0.15, 0.2) is 48.5 Å². The van der Waals surface area contributed by atoms with Crippen molar-refractivity contribution in [3.63, 3.8) is 0 Å². The van der Waals surface area contributed by atoms with Crippen molar-refractivity contribution in [2.75, 3.05) is 19.6 Å². The molecule has 28 heavy (non-hydrogen) atoms. The van der Waals surface area contributed by atoms with E-state index in [-0.39, 0.29) is 49.6 Å². The third-order valence-electron chi connectivity index (χ3n) is 4.63. The molecular formula is C20H18F4N2O2. The third-order valence-corrected chi connectivity index (χ3v) is 4.63. The Morgan fingerprint density at radius 3 is 2.46 bits per heavy atom. The molecule has 1 aliphatic heterocycles. The second-order valence-electron chi connectivity index (χ2n) is 6.52. The minimum Gasteiger partial charge on any atom is -0.337 e. The van der Waals surface area contributed by atoms with E-state index < -0.39 is 23.5 Å². The van der Waals surface area contributed by atoms with Gasteiger partial charge in [-0.25, -0.2) is 4.39 Å². The summed E-state index contributed by atoms with van der Waals surface area (Å²) < 4.78 is 52.9. The Balaban J connectivity index is 1.73. The molecule has 2 amide bonds. The summed E-state index contributed by atoms with van der Waals surface area (Å²) in [6, 6.07) is 10.4. The standard InChI is InChI=1S/C20H18F4N2O2/c21-16-6-3-5-14(12-16)19(28)25-9-8-18(27)26(11-10-25)13-15-4-1-2-7-17(15)20(22,23)24/h1-7,12H,8-11,13H2. The molecule has 0 radical (unpaired) electrons. The Labute approximate surface area is 159 Å². The molecule has 4 nitrogen and oxygen atoms in total. The van der Waals surface area contributed by atoms with Crippen LogP contribution in [0.3, 0.4) is 0 Å². The Hall–Kier alpha value is -2.90. The number of benzene rings is 2. The summed E-state index contributed by atoms with van der Waals surface area (Å²) in [5, 5.41) is 0. The first-order chi connectivity index (χ1) is 13.3. The largest absolute Gasteiger partial charge is 0.416 e. The van der Waals surface area contributed by atoms with E-state index in [1.807, 2.05) is 0 Å². The number of amides is 2. The molecule has 148 valence electrons. The number of rotatable bonds is 3. The third kappa shape index (κ3) is 4.49.